The van der Waals surface area contributed by atoms with Crippen molar-refractivity contribution in [1.82, 2.24) is 4.98 Å². The van der Waals surface area contributed by atoms with E-state index in [4.69, 9.17) is 27.9 Å². The molecule has 0 amide bonds. The van der Waals surface area contributed by atoms with Gasteiger partial charge in [0.05, 0.1) is 16.7 Å². The van der Waals surface area contributed by atoms with Gasteiger partial charge in [-0.15, -0.1) is 0 Å². The van der Waals surface area contributed by atoms with Gasteiger partial charge in [-0.25, -0.2) is 4.98 Å². The van der Waals surface area contributed by atoms with Crippen molar-refractivity contribution in [2.24, 2.45) is 0 Å². The van der Waals surface area contributed by atoms with E-state index in [-0.39, 0.29) is 12.3 Å². The standard InChI is InChI=1S/C12H8Cl2N2O3/c13-9-1-3-11(16(17)18)8(5-9)7-19-10-2-4-12(14)15-6-10/h1-6H,7H2. The number of ether oxygens (including phenoxy) is 1. The number of hydrogen-bond donors (Lipinski definition) is 0. The van der Waals surface area contributed by atoms with Gasteiger partial charge in [0.2, 0.25) is 0 Å². The van der Waals surface area contributed by atoms with Gasteiger partial charge in [0.1, 0.15) is 17.5 Å². The maximum atomic E-state index is 10.9. The van der Waals surface area contributed by atoms with Gasteiger partial charge in [0, 0.05) is 11.1 Å². The van der Waals surface area contributed by atoms with Gasteiger partial charge >= 0.3 is 0 Å². The molecule has 0 atom stereocenters. The lowest BCUT2D eigenvalue weighted by molar-refractivity contribution is -0.385. The van der Waals surface area contributed by atoms with E-state index in [1.165, 1.54) is 24.4 Å². The quantitative estimate of drug-likeness (QED) is 0.488. The zero-order valence-electron chi connectivity index (χ0n) is 9.55. The minimum atomic E-state index is -0.477. The summed E-state index contributed by atoms with van der Waals surface area (Å²) in [5, 5.41) is 11.6. The van der Waals surface area contributed by atoms with E-state index in [0.717, 1.165) is 0 Å². The first kappa shape index (κ1) is 13.6. The maximum absolute atomic E-state index is 10.9. The van der Waals surface area contributed by atoms with E-state index in [9.17, 15) is 10.1 Å². The molecule has 7 heteroatoms. The summed E-state index contributed by atoms with van der Waals surface area (Å²) in [7, 11) is 0. The van der Waals surface area contributed by atoms with E-state index in [1.807, 2.05) is 0 Å². The normalized spacial score (nSPS) is 10.2. The Morgan fingerprint density at radius 1 is 1.26 bits per heavy atom. The van der Waals surface area contributed by atoms with Gasteiger partial charge in [-0.05, 0) is 24.3 Å². The average molecular weight is 299 g/mol. The van der Waals surface area contributed by atoms with E-state index in [0.29, 0.717) is 21.5 Å². The topological polar surface area (TPSA) is 65.3 Å². The highest BCUT2D eigenvalue weighted by Gasteiger charge is 2.14. The van der Waals surface area contributed by atoms with Crippen LogP contribution in [-0.4, -0.2) is 9.91 Å². The number of nitro groups is 1. The van der Waals surface area contributed by atoms with Crippen LogP contribution in [-0.2, 0) is 6.61 Å². The van der Waals surface area contributed by atoms with Crippen molar-refractivity contribution in [2.45, 2.75) is 6.61 Å². The molecule has 0 radical (unpaired) electrons. The molecule has 1 aromatic carbocycles. The van der Waals surface area contributed by atoms with Gasteiger partial charge in [-0.2, -0.15) is 0 Å². The van der Waals surface area contributed by atoms with Crippen molar-refractivity contribution in [3.63, 3.8) is 0 Å². The van der Waals surface area contributed by atoms with E-state index in [2.05, 4.69) is 4.98 Å². The second-order valence-electron chi connectivity index (χ2n) is 3.64. The third-order valence-corrected chi connectivity index (χ3v) is 2.79. The molecule has 0 aliphatic carbocycles. The van der Waals surface area contributed by atoms with Crippen LogP contribution in [0.1, 0.15) is 5.56 Å². The molecule has 5 nitrogen and oxygen atoms in total. The Balaban J connectivity index is 2.16. The molecule has 0 spiro atoms. The Morgan fingerprint density at radius 3 is 2.68 bits per heavy atom. The smallest absolute Gasteiger partial charge is 0.276 e. The molecular weight excluding hydrogens is 291 g/mol. The molecule has 0 saturated heterocycles. The Labute approximate surface area is 118 Å². The summed E-state index contributed by atoms with van der Waals surface area (Å²) in [5.74, 6) is 0.471. The number of benzene rings is 1. The molecule has 1 heterocycles. The minimum absolute atomic E-state index is 0.0280. The lowest BCUT2D eigenvalue weighted by atomic mass is 10.2. The number of pyridine rings is 1. The van der Waals surface area contributed by atoms with Crippen molar-refractivity contribution in [3.8, 4) is 5.75 Å². The lowest BCUT2D eigenvalue weighted by Crippen LogP contribution is -2.00. The minimum Gasteiger partial charge on any atom is -0.487 e. The summed E-state index contributed by atoms with van der Waals surface area (Å²) in [6, 6.07) is 7.52. The summed E-state index contributed by atoms with van der Waals surface area (Å²) in [6.07, 6.45) is 1.44. The molecule has 0 N–H and O–H groups in total. The van der Waals surface area contributed by atoms with Crippen LogP contribution in [0.2, 0.25) is 10.2 Å². The predicted molar refractivity (Wildman–Crippen MR) is 71.7 cm³/mol. The fourth-order valence-corrected chi connectivity index (χ4v) is 1.76. The van der Waals surface area contributed by atoms with Crippen molar-refractivity contribution >= 4 is 28.9 Å². The van der Waals surface area contributed by atoms with Crippen molar-refractivity contribution in [2.75, 3.05) is 0 Å². The van der Waals surface area contributed by atoms with Crippen LogP contribution in [0.4, 0.5) is 5.69 Å². The molecule has 2 aromatic rings. The summed E-state index contributed by atoms with van der Waals surface area (Å²) >= 11 is 11.5. The van der Waals surface area contributed by atoms with Gasteiger partial charge in [-0.1, -0.05) is 23.2 Å². The van der Waals surface area contributed by atoms with Crippen LogP contribution in [0.25, 0.3) is 0 Å². The predicted octanol–water partition coefficient (Wildman–Crippen LogP) is 3.88. The Kier molecular flexibility index (Phi) is 4.19. The molecule has 2 rings (SSSR count). The summed E-state index contributed by atoms with van der Waals surface area (Å²) < 4.78 is 5.41. The fourth-order valence-electron chi connectivity index (χ4n) is 1.46. The number of aromatic nitrogens is 1. The molecule has 0 saturated carbocycles. The molecule has 0 fully saturated rings. The first-order valence-electron chi connectivity index (χ1n) is 5.23. The Morgan fingerprint density at radius 2 is 2.05 bits per heavy atom. The van der Waals surface area contributed by atoms with E-state index in [1.54, 1.807) is 12.1 Å². The summed E-state index contributed by atoms with van der Waals surface area (Å²) in [6.45, 7) is 0.0280. The molecule has 0 aliphatic rings. The molecule has 98 valence electrons. The second-order valence-corrected chi connectivity index (χ2v) is 4.46. The highest BCUT2D eigenvalue weighted by molar-refractivity contribution is 6.30. The zero-order valence-corrected chi connectivity index (χ0v) is 11.1. The molecule has 1 aromatic heterocycles. The first-order valence-corrected chi connectivity index (χ1v) is 5.99. The van der Waals surface area contributed by atoms with Gasteiger partial charge in [0.15, 0.2) is 0 Å². The third kappa shape index (κ3) is 3.56. The number of rotatable bonds is 4. The SMILES string of the molecule is O=[N+]([O-])c1ccc(Cl)cc1COc1ccc(Cl)nc1. The lowest BCUT2D eigenvalue weighted by Gasteiger charge is -2.06. The summed E-state index contributed by atoms with van der Waals surface area (Å²) in [4.78, 5) is 14.2. The number of hydrogen-bond acceptors (Lipinski definition) is 4. The van der Waals surface area contributed by atoms with Crippen LogP contribution in [0.3, 0.4) is 0 Å². The van der Waals surface area contributed by atoms with Crippen molar-refractivity contribution in [3.05, 3.63) is 62.4 Å². The van der Waals surface area contributed by atoms with Crippen LogP contribution in [0.5, 0.6) is 5.75 Å². The largest absolute Gasteiger partial charge is 0.487 e. The van der Waals surface area contributed by atoms with Crippen LogP contribution < -0.4 is 4.74 Å². The number of halogens is 2. The van der Waals surface area contributed by atoms with Crippen molar-refractivity contribution < 1.29 is 9.66 Å². The first-order chi connectivity index (χ1) is 9.06. The van der Waals surface area contributed by atoms with Crippen LogP contribution in [0, 0.1) is 10.1 Å². The Hall–Kier alpha value is -1.85. The average Bonchev–Trinajstić information content (AvgIpc) is 2.38. The third-order valence-electron chi connectivity index (χ3n) is 2.33. The van der Waals surface area contributed by atoms with E-state index >= 15 is 0 Å². The van der Waals surface area contributed by atoms with Gasteiger partial charge < -0.3 is 4.74 Å². The van der Waals surface area contributed by atoms with E-state index < -0.39 is 4.92 Å². The van der Waals surface area contributed by atoms with Crippen LogP contribution >= 0.6 is 23.2 Å². The monoisotopic (exact) mass is 298 g/mol. The van der Waals surface area contributed by atoms with Gasteiger partial charge in [-0.3, -0.25) is 10.1 Å². The molecular formula is C12H8Cl2N2O3. The molecule has 0 aliphatic heterocycles. The molecule has 0 unspecified atom stereocenters. The highest BCUT2D eigenvalue weighted by atomic mass is 35.5. The van der Waals surface area contributed by atoms with Crippen molar-refractivity contribution in [1.29, 1.82) is 0 Å². The number of nitro benzene ring substituents is 1. The molecule has 0 bridgehead atoms. The zero-order chi connectivity index (χ0) is 13.8. The van der Waals surface area contributed by atoms with Gasteiger partial charge in [0.25, 0.3) is 5.69 Å². The highest BCUT2D eigenvalue weighted by Crippen LogP contribution is 2.24. The summed E-state index contributed by atoms with van der Waals surface area (Å²) in [5.41, 5.74) is 0.360. The van der Waals surface area contributed by atoms with Crippen LogP contribution in [0.15, 0.2) is 36.5 Å². The Bertz CT molecular complexity index is 602. The molecule has 19 heavy (non-hydrogen) atoms. The number of nitrogens with zero attached hydrogens (tertiary/aromatic N) is 2. The maximum Gasteiger partial charge on any atom is 0.276 e. The fraction of sp³-hybridized carbons (Fsp3) is 0.0833. The second kappa shape index (κ2) is 5.86.